The summed E-state index contributed by atoms with van der Waals surface area (Å²) < 4.78 is 4.75. The van der Waals surface area contributed by atoms with Crippen molar-refractivity contribution in [1.82, 2.24) is 0 Å². The highest BCUT2D eigenvalue weighted by atomic mass is 32.1. The summed E-state index contributed by atoms with van der Waals surface area (Å²) in [4.78, 5) is 14.4. The van der Waals surface area contributed by atoms with Gasteiger partial charge in [-0.3, -0.25) is 0 Å². The third kappa shape index (κ3) is 3.21. The summed E-state index contributed by atoms with van der Waals surface area (Å²) in [6.45, 7) is 6.69. The molecule has 2 N–H and O–H groups in total. The summed E-state index contributed by atoms with van der Waals surface area (Å²) in [5.41, 5.74) is 6.83. The smallest absolute Gasteiger partial charge is 0.350 e. The van der Waals surface area contributed by atoms with Gasteiger partial charge < -0.3 is 15.4 Å². The van der Waals surface area contributed by atoms with Crippen LogP contribution in [-0.2, 0) is 4.74 Å². The highest BCUT2D eigenvalue weighted by Crippen LogP contribution is 2.36. The molecular weight excluding hydrogens is 260 g/mol. The molecule has 0 amide bonds. The number of methoxy groups -OCH3 is 1. The second kappa shape index (κ2) is 5.41. The van der Waals surface area contributed by atoms with Gasteiger partial charge in [0.25, 0.3) is 0 Å². The van der Waals surface area contributed by atoms with Gasteiger partial charge in [0.05, 0.1) is 17.8 Å². The average Bonchev–Trinajstić information content (AvgIpc) is 2.64. The zero-order chi connectivity index (χ0) is 14.0. The highest BCUT2D eigenvalue weighted by molar-refractivity contribution is 7.18. The van der Waals surface area contributed by atoms with Gasteiger partial charge in [0.15, 0.2) is 0 Å². The van der Waals surface area contributed by atoms with Crippen LogP contribution in [0.25, 0.3) is 0 Å². The molecule has 0 aromatic carbocycles. The number of nitrogens with two attached hydrogens (primary N) is 1. The van der Waals surface area contributed by atoms with Gasteiger partial charge in [-0.25, -0.2) is 4.79 Å². The standard InChI is InChI=1S/C14H22N2O2S/c1-14(2)5-4-7-16(8-6-14)11-9-10(15)12(19-11)13(17)18-3/h9H,4-8,15H2,1-3H3. The van der Waals surface area contributed by atoms with Crippen molar-refractivity contribution < 1.29 is 9.53 Å². The fourth-order valence-corrected chi connectivity index (χ4v) is 3.49. The second-order valence-electron chi connectivity index (χ2n) is 5.87. The molecule has 0 aliphatic carbocycles. The Morgan fingerprint density at radius 3 is 2.84 bits per heavy atom. The Labute approximate surface area is 118 Å². The topological polar surface area (TPSA) is 55.6 Å². The molecule has 0 atom stereocenters. The fourth-order valence-electron chi connectivity index (χ4n) is 2.44. The number of anilines is 2. The van der Waals surface area contributed by atoms with Crippen molar-refractivity contribution in [2.24, 2.45) is 5.41 Å². The number of ether oxygens (including phenoxy) is 1. The maximum atomic E-state index is 11.6. The predicted molar refractivity (Wildman–Crippen MR) is 79.9 cm³/mol. The molecule has 0 saturated carbocycles. The van der Waals surface area contributed by atoms with Crippen molar-refractivity contribution in [3.05, 3.63) is 10.9 Å². The van der Waals surface area contributed by atoms with Crippen LogP contribution in [0.4, 0.5) is 10.7 Å². The maximum Gasteiger partial charge on any atom is 0.350 e. The van der Waals surface area contributed by atoms with Crippen molar-refractivity contribution >= 4 is 28.0 Å². The first kappa shape index (κ1) is 14.2. The quantitative estimate of drug-likeness (QED) is 0.847. The van der Waals surface area contributed by atoms with E-state index in [9.17, 15) is 4.79 Å². The lowest BCUT2D eigenvalue weighted by Crippen LogP contribution is -2.24. The Hall–Kier alpha value is -1.23. The lowest BCUT2D eigenvalue weighted by Gasteiger charge is -2.23. The van der Waals surface area contributed by atoms with Gasteiger partial charge in [0.2, 0.25) is 0 Å². The lowest BCUT2D eigenvalue weighted by atomic mass is 9.85. The number of nitrogen functional groups attached to an aromatic ring is 1. The van der Waals surface area contributed by atoms with E-state index in [1.54, 1.807) is 0 Å². The van der Waals surface area contributed by atoms with Crippen molar-refractivity contribution in [2.45, 2.75) is 33.1 Å². The number of hydrogen-bond donors (Lipinski definition) is 1. The summed E-state index contributed by atoms with van der Waals surface area (Å²) in [6, 6.07) is 1.90. The first-order chi connectivity index (χ1) is 8.93. The van der Waals surface area contributed by atoms with Crippen LogP contribution in [0, 0.1) is 5.41 Å². The van der Waals surface area contributed by atoms with Crippen molar-refractivity contribution in [1.29, 1.82) is 0 Å². The van der Waals surface area contributed by atoms with Crippen LogP contribution in [0.1, 0.15) is 42.8 Å². The van der Waals surface area contributed by atoms with Gasteiger partial charge in [-0.2, -0.15) is 0 Å². The first-order valence-corrected chi connectivity index (χ1v) is 7.47. The van der Waals surface area contributed by atoms with Crippen LogP contribution >= 0.6 is 11.3 Å². The summed E-state index contributed by atoms with van der Waals surface area (Å²) in [5, 5.41) is 1.08. The summed E-state index contributed by atoms with van der Waals surface area (Å²) in [7, 11) is 1.38. The van der Waals surface area contributed by atoms with E-state index in [2.05, 4.69) is 18.7 Å². The van der Waals surface area contributed by atoms with Crippen LogP contribution in [0.3, 0.4) is 0 Å². The minimum Gasteiger partial charge on any atom is -0.465 e. The van der Waals surface area contributed by atoms with E-state index < -0.39 is 0 Å². The molecule has 1 aliphatic heterocycles. The van der Waals surface area contributed by atoms with Crippen molar-refractivity contribution in [3.8, 4) is 0 Å². The normalized spacial score (nSPS) is 19.0. The molecule has 4 nitrogen and oxygen atoms in total. The maximum absolute atomic E-state index is 11.6. The molecule has 0 unspecified atom stereocenters. The largest absolute Gasteiger partial charge is 0.465 e. The van der Waals surface area contributed by atoms with Gasteiger partial charge in [-0.05, 0) is 30.7 Å². The third-order valence-electron chi connectivity index (χ3n) is 3.77. The summed E-state index contributed by atoms with van der Waals surface area (Å²) in [6.07, 6.45) is 3.59. The Kier molecular flexibility index (Phi) is 4.04. The summed E-state index contributed by atoms with van der Waals surface area (Å²) in [5.74, 6) is -0.344. The Balaban J connectivity index is 2.16. The molecule has 19 heavy (non-hydrogen) atoms. The van der Waals surface area contributed by atoms with Gasteiger partial charge >= 0.3 is 5.97 Å². The van der Waals surface area contributed by atoms with Gasteiger partial charge in [0.1, 0.15) is 4.88 Å². The Bertz CT molecular complexity index is 468. The van der Waals surface area contributed by atoms with E-state index in [1.807, 2.05) is 6.07 Å². The molecule has 106 valence electrons. The number of carbonyl (C=O) groups excluding carboxylic acids is 1. The van der Waals surface area contributed by atoms with Crippen LogP contribution in [0.5, 0.6) is 0 Å². The van der Waals surface area contributed by atoms with E-state index in [-0.39, 0.29) is 5.97 Å². The average molecular weight is 282 g/mol. The fraction of sp³-hybridized carbons (Fsp3) is 0.643. The zero-order valence-electron chi connectivity index (χ0n) is 11.9. The van der Waals surface area contributed by atoms with Crippen LogP contribution < -0.4 is 10.6 Å². The van der Waals surface area contributed by atoms with Gasteiger partial charge in [0, 0.05) is 13.1 Å². The molecule has 2 rings (SSSR count). The van der Waals surface area contributed by atoms with Crippen molar-refractivity contribution in [3.63, 3.8) is 0 Å². The molecule has 1 aromatic heterocycles. The van der Waals surface area contributed by atoms with E-state index in [1.165, 1.54) is 37.7 Å². The molecular formula is C14H22N2O2S. The Morgan fingerprint density at radius 2 is 2.16 bits per heavy atom. The molecule has 1 aliphatic rings. The van der Waals surface area contributed by atoms with Crippen molar-refractivity contribution in [2.75, 3.05) is 30.8 Å². The van der Waals surface area contributed by atoms with Crippen LogP contribution in [0.2, 0.25) is 0 Å². The molecule has 0 spiro atoms. The van der Waals surface area contributed by atoms with E-state index >= 15 is 0 Å². The minimum atomic E-state index is -0.344. The Morgan fingerprint density at radius 1 is 1.42 bits per heavy atom. The van der Waals surface area contributed by atoms with Gasteiger partial charge in [-0.15, -0.1) is 11.3 Å². The molecule has 0 radical (unpaired) electrons. The molecule has 1 saturated heterocycles. The first-order valence-electron chi connectivity index (χ1n) is 6.65. The molecule has 0 bridgehead atoms. The molecule has 1 aromatic rings. The second-order valence-corrected chi connectivity index (χ2v) is 6.90. The predicted octanol–water partition coefficient (Wildman–Crippen LogP) is 3.13. The van der Waals surface area contributed by atoms with E-state index in [0.29, 0.717) is 16.0 Å². The molecule has 2 heterocycles. The lowest BCUT2D eigenvalue weighted by molar-refractivity contribution is 0.0607. The monoisotopic (exact) mass is 282 g/mol. The van der Waals surface area contributed by atoms with E-state index in [4.69, 9.17) is 10.5 Å². The highest BCUT2D eigenvalue weighted by Gasteiger charge is 2.25. The van der Waals surface area contributed by atoms with E-state index in [0.717, 1.165) is 18.1 Å². The number of esters is 1. The summed E-state index contributed by atoms with van der Waals surface area (Å²) >= 11 is 1.43. The van der Waals surface area contributed by atoms with Gasteiger partial charge in [-0.1, -0.05) is 13.8 Å². The number of rotatable bonds is 2. The SMILES string of the molecule is COC(=O)c1sc(N2CCCC(C)(C)CC2)cc1N. The zero-order valence-corrected chi connectivity index (χ0v) is 12.7. The number of nitrogens with zero attached hydrogens (tertiary/aromatic N) is 1. The van der Waals surface area contributed by atoms with Crippen LogP contribution in [-0.4, -0.2) is 26.2 Å². The third-order valence-corrected chi connectivity index (χ3v) is 4.96. The number of thiophene rings is 1. The minimum absolute atomic E-state index is 0.344. The number of hydrogen-bond acceptors (Lipinski definition) is 5. The van der Waals surface area contributed by atoms with Crippen LogP contribution in [0.15, 0.2) is 6.07 Å². The molecule has 1 fully saturated rings. The number of carbonyl (C=O) groups is 1. The molecule has 5 heteroatoms.